The smallest absolute Gasteiger partial charge is 0.262 e. The van der Waals surface area contributed by atoms with Crippen LogP contribution in [0.15, 0.2) is 48.5 Å². The fourth-order valence-electron chi connectivity index (χ4n) is 3.57. The van der Waals surface area contributed by atoms with Gasteiger partial charge in [-0.15, -0.1) is 0 Å². The molecule has 0 saturated carbocycles. The van der Waals surface area contributed by atoms with Gasteiger partial charge in [0, 0.05) is 23.4 Å². The van der Waals surface area contributed by atoms with E-state index in [4.69, 9.17) is 14.2 Å². The van der Waals surface area contributed by atoms with Crippen molar-refractivity contribution in [3.05, 3.63) is 65.2 Å². The van der Waals surface area contributed by atoms with E-state index in [1.165, 1.54) is 0 Å². The zero-order chi connectivity index (χ0) is 23.5. The fraction of sp³-hybridized carbons (Fsp3) is 0.231. The molecule has 0 spiro atoms. The summed E-state index contributed by atoms with van der Waals surface area (Å²) in [5.74, 6) is 2.41. The standard InChI is InChI=1S/C26H27N3O4/c1-15-6-7-17(3)22(10-15)33-14-25(30)27-19-11-18(9-8-16(19)2)26-28-20-12-23(31-4)24(32-5)13-21(20)29-26/h6-13H,14H2,1-5H3,(H,27,30)(H,28,29). The first-order valence-corrected chi connectivity index (χ1v) is 10.6. The summed E-state index contributed by atoms with van der Waals surface area (Å²) in [5.41, 5.74) is 6.16. The minimum absolute atomic E-state index is 0.0712. The van der Waals surface area contributed by atoms with Gasteiger partial charge in [0.1, 0.15) is 11.6 Å². The SMILES string of the molecule is COc1cc2nc(-c3ccc(C)c(NC(=O)COc4cc(C)ccc4C)c3)[nH]c2cc1OC. The van der Waals surface area contributed by atoms with Crippen molar-refractivity contribution in [2.45, 2.75) is 20.8 Å². The van der Waals surface area contributed by atoms with Crippen LogP contribution in [0.25, 0.3) is 22.4 Å². The van der Waals surface area contributed by atoms with E-state index in [1.807, 2.05) is 69.3 Å². The Morgan fingerprint density at radius 1 is 0.909 bits per heavy atom. The Bertz CT molecular complexity index is 1290. The summed E-state index contributed by atoms with van der Waals surface area (Å²) < 4.78 is 16.5. The highest BCUT2D eigenvalue weighted by Crippen LogP contribution is 2.33. The van der Waals surface area contributed by atoms with Crippen molar-refractivity contribution >= 4 is 22.6 Å². The number of methoxy groups -OCH3 is 2. The van der Waals surface area contributed by atoms with Crippen LogP contribution in [-0.4, -0.2) is 36.7 Å². The summed E-state index contributed by atoms with van der Waals surface area (Å²) in [6.45, 7) is 5.82. The number of amides is 1. The highest BCUT2D eigenvalue weighted by molar-refractivity contribution is 5.93. The van der Waals surface area contributed by atoms with E-state index in [0.717, 1.165) is 33.3 Å². The van der Waals surface area contributed by atoms with Crippen molar-refractivity contribution in [1.82, 2.24) is 9.97 Å². The van der Waals surface area contributed by atoms with E-state index in [1.54, 1.807) is 14.2 Å². The van der Waals surface area contributed by atoms with Crippen molar-refractivity contribution < 1.29 is 19.0 Å². The number of nitrogens with one attached hydrogen (secondary N) is 2. The number of aryl methyl sites for hydroxylation is 3. The molecule has 0 aliphatic heterocycles. The van der Waals surface area contributed by atoms with E-state index in [9.17, 15) is 4.79 Å². The Morgan fingerprint density at radius 2 is 1.64 bits per heavy atom. The second-order valence-corrected chi connectivity index (χ2v) is 7.95. The lowest BCUT2D eigenvalue weighted by molar-refractivity contribution is -0.118. The number of anilines is 1. The first-order chi connectivity index (χ1) is 15.9. The summed E-state index contributed by atoms with van der Waals surface area (Å²) >= 11 is 0. The number of ether oxygens (including phenoxy) is 3. The van der Waals surface area contributed by atoms with Crippen LogP contribution >= 0.6 is 0 Å². The van der Waals surface area contributed by atoms with Crippen molar-refractivity contribution in [2.24, 2.45) is 0 Å². The van der Waals surface area contributed by atoms with Crippen molar-refractivity contribution in [3.8, 4) is 28.6 Å². The molecule has 3 aromatic carbocycles. The summed E-state index contributed by atoms with van der Waals surface area (Å²) in [5, 5.41) is 2.95. The lowest BCUT2D eigenvalue weighted by Crippen LogP contribution is -2.21. The van der Waals surface area contributed by atoms with Crippen molar-refractivity contribution in [2.75, 3.05) is 26.1 Å². The minimum atomic E-state index is -0.227. The molecule has 1 heterocycles. The summed E-state index contributed by atoms with van der Waals surface area (Å²) in [4.78, 5) is 20.6. The third-order valence-corrected chi connectivity index (χ3v) is 5.47. The lowest BCUT2D eigenvalue weighted by atomic mass is 10.1. The molecule has 4 aromatic rings. The molecule has 0 bridgehead atoms. The quantitative estimate of drug-likeness (QED) is 0.409. The number of hydrogen-bond donors (Lipinski definition) is 2. The Labute approximate surface area is 192 Å². The molecule has 7 heteroatoms. The van der Waals surface area contributed by atoms with Crippen LogP contribution in [0.2, 0.25) is 0 Å². The monoisotopic (exact) mass is 445 g/mol. The van der Waals surface area contributed by atoms with Gasteiger partial charge in [-0.2, -0.15) is 0 Å². The number of nitrogens with zero attached hydrogens (tertiary/aromatic N) is 1. The molecule has 0 unspecified atom stereocenters. The van der Waals surface area contributed by atoms with Gasteiger partial charge in [-0.25, -0.2) is 4.98 Å². The molecule has 33 heavy (non-hydrogen) atoms. The van der Waals surface area contributed by atoms with Gasteiger partial charge < -0.3 is 24.5 Å². The molecule has 0 aliphatic rings. The Hall–Kier alpha value is -4.00. The van der Waals surface area contributed by atoms with E-state index in [2.05, 4.69) is 15.3 Å². The molecule has 0 saturated heterocycles. The van der Waals surface area contributed by atoms with E-state index >= 15 is 0 Å². The maximum absolute atomic E-state index is 12.6. The first-order valence-electron chi connectivity index (χ1n) is 10.6. The summed E-state index contributed by atoms with van der Waals surface area (Å²) in [6.07, 6.45) is 0. The number of aromatic amines is 1. The normalized spacial score (nSPS) is 10.8. The second kappa shape index (κ2) is 9.24. The van der Waals surface area contributed by atoms with Gasteiger partial charge >= 0.3 is 0 Å². The molecule has 1 amide bonds. The Morgan fingerprint density at radius 3 is 2.39 bits per heavy atom. The molecule has 0 fully saturated rings. The maximum atomic E-state index is 12.6. The van der Waals surface area contributed by atoms with Crippen LogP contribution in [0.1, 0.15) is 16.7 Å². The topological polar surface area (TPSA) is 85.5 Å². The largest absolute Gasteiger partial charge is 0.493 e. The molecule has 0 aliphatic carbocycles. The number of rotatable bonds is 7. The second-order valence-electron chi connectivity index (χ2n) is 7.95. The summed E-state index contributed by atoms with van der Waals surface area (Å²) in [7, 11) is 3.19. The Balaban J connectivity index is 1.54. The molecule has 0 radical (unpaired) electrons. The number of carbonyl (C=O) groups excluding carboxylic acids is 1. The zero-order valence-corrected chi connectivity index (χ0v) is 19.4. The van der Waals surface area contributed by atoms with Crippen molar-refractivity contribution in [1.29, 1.82) is 0 Å². The summed E-state index contributed by atoms with van der Waals surface area (Å²) in [6, 6.07) is 15.4. The van der Waals surface area contributed by atoms with Gasteiger partial charge in [0.2, 0.25) is 0 Å². The van der Waals surface area contributed by atoms with Gasteiger partial charge in [0.05, 0.1) is 25.3 Å². The number of H-pyrrole nitrogens is 1. The molecule has 170 valence electrons. The first kappa shape index (κ1) is 22.2. The van der Waals surface area contributed by atoms with Crippen molar-refractivity contribution in [3.63, 3.8) is 0 Å². The average Bonchev–Trinajstić information content (AvgIpc) is 3.23. The van der Waals surface area contributed by atoms with Crippen LogP contribution in [0.4, 0.5) is 5.69 Å². The van der Waals surface area contributed by atoms with E-state index < -0.39 is 0 Å². The average molecular weight is 446 g/mol. The lowest BCUT2D eigenvalue weighted by Gasteiger charge is -2.12. The molecule has 0 atom stereocenters. The predicted molar refractivity (Wildman–Crippen MR) is 129 cm³/mol. The third kappa shape index (κ3) is 4.77. The number of fused-ring (bicyclic) bond motifs is 1. The number of aromatic nitrogens is 2. The van der Waals surface area contributed by atoms with Crippen LogP contribution in [-0.2, 0) is 4.79 Å². The fourth-order valence-corrected chi connectivity index (χ4v) is 3.57. The predicted octanol–water partition coefficient (Wildman–Crippen LogP) is 5.19. The molecular weight excluding hydrogens is 418 g/mol. The third-order valence-electron chi connectivity index (χ3n) is 5.47. The van der Waals surface area contributed by atoms with Crippen LogP contribution in [0.5, 0.6) is 17.2 Å². The maximum Gasteiger partial charge on any atom is 0.262 e. The van der Waals surface area contributed by atoms with E-state index in [0.29, 0.717) is 28.8 Å². The number of carbonyl (C=O) groups is 1. The van der Waals surface area contributed by atoms with Gasteiger partial charge in [-0.3, -0.25) is 4.79 Å². The van der Waals surface area contributed by atoms with Gasteiger partial charge in [-0.1, -0.05) is 24.3 Å². The Kier molecular flexibility index (Phi) is 6.22. The molecule has 1 aromatic heterocycles. The molecule has 7 nitrogen and oxygen atoms in total. The van der Waals surface area contributed by atoms with Gasteiger partial charge in [-0.05, 0) is 49.6 Å². The molecule has 4 rings (SSSR count). The number of imidazole rings is 1. The van der Waals surface area contributed by atoms with Crippen LogP contribution in [0, 0.1) is 20.8 Å². The number of hydrogen-bond acceptors (Lipinski definition) is 5. The van der Waals surface area contributed by atoms with E-state index in [-0.39, 0.29) is 12.5 Å². The molecule has 2 N–H and O–H groups in total. The number of benzene rings is 3. The van der Waals surface area contributed by atoms with Gasteiger partial charge in [0.25, 0.3) is 5.91 Å². The van der Waals surface area contributed by atoms with Crippen LogP contribution in [0.3, 0.4) is 0 Å². The zero-order valence-electron chi connectivity index (χ0n) is 19.4. The van der Waals surface area contributed by atoms with Crippen LogP contribution < -0.4 is 19.5 Å². The minimum Gasteiger partial charge on any atom is -0.493 e. The molecular formula is C26H27N3O4. The van der Waals surface area contributed by atoms with Gasteiger partial charge in [0.15, 0.2) is 18.1 Å². The highest BCUT2D eigenvalue weighted by Gasteiger charge is 2.13. The highest BCUT2D eigenvalue weighted by atomic mass is 16.5.